The van der Waals surface area contributed by atoms with Crippen molar-refractivity contribution in [2.75, 3.05) is 12.3 Å². The molecule has 132 valence electrons. The van der Waals surface area contributed by atoms with Crippen molar-refractivity contribution in [2.24, 2.45) is 7.05 Å². The van der Waals surface area contributed by atoms with Gasteiger partial charge in [0, 0.05) is 31.4 Å². The van der Waals surface area contributed by atoms with Gasteiger partial charge >= 0.3 is 0 Å². The Morgan fingerprint density at radius 3 is 2.33 bits per heavy atom. The van der Waals surface area contributed by atoms with E-state index in [0.717, 1.165) is 11.1 Å². The number of rotatable bonds is 6. The predicted octanol–water partition coefficient (Wildman–Crippen LogP) is 2.84. The van der Waals surface area contributed by atoms with Gasteiger partial charge in [-0.1, -0.05) is 32.9 Å². The molecule has 0 saturated carbocycles. The van der Waals surface area contributed by atoms with Gasteiger partial charge in [-0.25, -0.2) is 8.42 Å². The fourth-order valence-corrected chi connectivity index (χ4v) is 3.64. The van der Waals surface area contributed by atoms with E-state index in [1.807, 2.05) is 32.3 Å². The quantitative estimate of drug-likeness (QED) is 0.871. The summed E-state index contributed by atoms with van der Waals surface area (Å²) in [5, 5.41) is 7.37. The number of hydrogen-bond donors (Lipinski definition) is 1. The minimum absolute atomic E-state index is 0.0169. The second kappa shape index (κ2) is 7.07. The molecule has 0 saturated heterocycles. The van der Waals surface area contributed by atoms with E-state index in [-0.39, 0.29) is 17.2 Å². The van der Waals surface area contributed by atoms with Gasteiger partial charge in [0.2, 0.25) is 0 Å². The number of aryl methyl sites for hydroxylation is 1. The molecular weight excluding hydrogens is 322 g/mol. The van der Waals surface area contributed by atoms with Crippen molar-refractivity contribution in [3.05, 3.63) is 47.8 Å². The Morgan fingerprint density at radius 1 is 1.21 bits per heavy atom. The zero-order chi connectivity index (χ0) is 18.0. The van der Waals surface area contributed by atoms with Crippen LogP contribution in [0.3, 0.4) is 0 Å². The molecule has 0 aliphatic rings. The normalized spacial score (nSPS) is 13.9. The molecule has 0 fully saturated rings. The monoisotopic (exact) mass is 349 g/mol. The number of benzene rings is 1. The van der Waals surface area contributed by atoms with Crippen molar-refractivity contribution in [3.63, 3.8) is 0 Å². The molecule has 0 bridgehead atoms. The average molecular weight is 350 g/mol. The molecule has 0 aliphatic heterocycles. The molecule has 0 spiro atoms. The molecule has 2 aromatic rings. The maximum Gasteiger partial charge on any atom is 0.179 e. The maximum absolute atomic E-state index is 12.5. The van der Waals surface area contributed by atoms with Crippen molar-refractivity contribution in [2.45, 2.75) is 44.0 Å². The number of nitrogens with zero attached hydrogens (tertiary/aromatic N) is 2. The minimum atomic E-state index is -3.28. The molecule has 0 unspecified atom stereocenters. The van der Waals surface area contributed by atoms with Crippen molar-refractivity contribution in [3.8, 4) is 0 Å². The Bertz CT molecular complexity index is 771. The van der Waals surface area contributed by atoms with E-state index < -0.39 is 9.84 Å². The van der Waals surface area contributed by atoms with Crippen molar-refractivity contribution in [1.29, 1.82) is 0 Å². The van der Waals surface area contributed by atoms with Gasteiger partial charge in [0.15, 0.2) is 9.84 Å². The highest BCUT2D eigenvalue weighted by molar-refractivity contribution is 7.91. The summed E-state index contributed by atoms with van der Waals surface area (Å²) in [6.07, 6.45) is 3.72. The first-order chi connectivity index (χ1) is 11.1. The number of aromatic nitrogens is 2. The Labute approximate surface area is 145 Å². The summed E-state index contributed by atoms with van der Waals surface area (Å²) in [6, 6.07) is 7.29. The zero-order valence-electron chi connectivity index (χ0n) is 15.1. The highest BCUT2D eigenvalue weighted by Crippen LogP contribution is 2.23. The van der Waals surface area contributed by atoms with Gasteiger partial charge in [-0.05, 0) is 30.0 Å². The van der Waals surface area contributed by atoms with Crippen molar-refractivity contribution >= 4 is 9.84 Å². The molecule has 24 heavy (non-hydrogen) atoms. The molecule has 1 heterocycles. The summed E-state index contributed by atoms with van der Waals surface area (Å²) < 4.78 is 26.7. The second-order valence-corrected chi connectivity index (χ2v) is 9.33. The van der Waals surface area contributed by atoms with Crippen LogP contribution in [0, 0.1) is 0 Å². The number of hydrogen-bond acceptors (Lipinski definition) is 4. The summed E-state index contributed by atoms with van der Waals surface area (Å²) in [5.41, 5.74) is 2.19. The van der Waals surface area contributed by atoms with Crippen LogP contribution in [0.15, 0.2) is 41.6 Å². The van der Waals surface area contributed by atoms with Gasteiger partial charge in [-0.2, -0.15) is 5.10 Å². The van der Waals surface area contributed by atoms with E-state index in [4.69, 9.17) is 0 Å². The number of nitrogens with one attached hydrogen (secondary N) is 1. The first kappa shape index (κ1) is 18.7. The Kier molecular flexibility index (Phi) is 5.50. The molecule has 1 aromatic heterocycles. The van der Waals surface area contributed by atoms with E-state index in [0.29, 0.717) is 11.4 Å². The molecule has 0 amide bonds. The molecule has 6 heteroatoms. The lowest BCUT2D eigenvalue weighted by molar-refractivity contribution is 0.571. The van der Waals surface area contributed by atoms with Crippen LogP contribution in [-0.4, -0.2) is 30.5 Å². The van der Waals surface area contributed by atoms with Crippen molar-refractivity contribution in [1.82, 2.24) is 15.1 Å². The van der Waals surface area contributed by atoms with Gasteiger partial charge in [-0.3, -0.25) is 4.68 Å². The maximum atomic E-state index is 12.5. The van der Waals surface area contributed by atoms with E-state index in [2.05, 4.69) is 31.2 Å². The third-order valence-corrected chi connectivity index (χ3v) is 5.86. The topological polar surface area (TPSA) is 64.0 Å². The third kappa shape index (κ3) is 4.68. The highest BCUT2D eigenvalue weighted by atomic mass is 32.2. The van der Waals surface area contributed by atoms with Crippen LogP contribution in [0.25, 0.3) is 0 Å². The van der Waals surface area contributed by atoms with E-state index in [1.54, 1.807) is 23.0 Å². The van der Waals surface area contributed by atoms with Crippen molar-refractivity contribution < 1.29 is 8.42 Å². The van der Waals surface area contributed by atoms with Crippen LogP contribution in [0.2, 0.25) is 0 Å². The standard InChI is InChI=1S/C18H27N3O2S/c1-14(15-12-20-21(5)13-15)19-10-11-24(22,23)17-8-6-16(7-9-17)18(2,3)4/h6-9,12-14,19H,10-11H2,1-5H3/t14-/m0/s1. The molecule has 1 N–H and O–H groups in total. The van der Waals surface area contributed by atoms with Crippen LogP contribution in [0.5, 0.6) is 0 Å². The van der Waals surface area contributed by atoms with E-state index >= 15 is 0 Å². The lowest BCUT2D eigenvalue weighted by Gasteiger charge is -2.19. The van der Waals surface area contributed by atoms with Gasteiger partial charge in [0.1, 0.15) is 0 Å². The average Bonchev–Trinajstić information content (AvgIpc) is 2.93. The molecule has 5 nitrogen and oxygen atoms in total. The fraction of sp³-hybridized carbons (Fsp3) is 0.500. The smallest absolute Gasteiger partial charge is 0.179 e. The lowest BCUT2D eigenvalue weighted by Crippen LogP contribution is -2.25. The minimum Gasteiger partial charge on any atom is -0.309 e. The summed E-state index contributed by atoms with van der Waals surface area (Å²) in [6.45, 7) is 8.74. The first-order valence-corrected chi connectivity index (χ1v) is 9.80. The largest absolute Gasteiger partial charge is 0.309 e. The van der Waals surface area contributed by atoms with Crippen LogP contribution < -0.4 is 5.32 Å². The third-order valence-electron chi connectivity index (χ3n) is 4.13. The summed E-state index contributed by atoms with van der Waals surface area (Å²) >= 11 is 0. The number of sulfone groups is 1. The molecule has 0 radical (unpaired) electrons. The summed E-state index contributed by atoms with van der Waals surface area (Å²) in [4.78, 5) is 0.381. The van der Waals surface area contributed by atoms with E-state index in [1.165, 1.54) is 0 Å². The first-order valence-electron chi connectivity index (χ1n) is 8.15. The van der Waals surface area contributed by atoms with Gasteiger partial charge in [0.25, 0.3) is 0 Å². The van der Waals surface area contributed by atoms with Gasteiger partial charge in [-0.15, -0.1) is 0 Å². The molecular formula is C18H27N3O2S. The van der Waals surface area contributed by atoms with Crippen LogP contribution >= 0.6 is 0 Å². The molecule has 1 aromatic carbocycles. The van der Waals surface area contributed by atoms with Crippen LogP contribution in [-0.2, 0) is 22.3 Å². The Hall–Kier alpha value is -1.66. The lowest BCUT2D eigenvalue weighted by atomic mass is 9.87. The predicted molar refractivity (Wildman–Crippen MR) is 96.8 cm³/mol. The SMILES string of the molecule is C[C@H](NCCS(=O)(=O)c1ccc(C(C)(C)C)cc1)c1cnn(C)c1. The van der Waals surface area contributed by atoms with Gasteiger partial charge in [0.05, 0.1) is 16.8 Å². The molecule has 2 rings (SSSR count). The van der Waals surface area contributed by atoms with E-state index in [9.17, 15) is 8.42 Å². The molecule has 0 aliphatic carbocycles. The zero-order valence-corrected chi connectivity index (χ0v) is 15.9. The second-order valence-electron chi connectivity index (χ2n) is 7.22. The van der Waals surface area contributed by atoms with Crippen LogP contribution in [0.1, 0.15) is 44.9 Å². The highest BCUT2D eigenvalue weighted by Gasteiger charge is 2.18. The fourth-order valence-electron chi connectivity index (χ4n) is 2.47. The summed E-state index contributed by atoms with van der Waals surface area (Å²) in [7, 11) is -1.42. The summed E-state index contributed by atoms with van der Waals surface area (Å²) in [5.74, 6) is 0.0759. The van der Waals surface area contributed by atoms with Crippen LogP contribution in [0.4, 0.5) is 0 Å². The Balaban J connectivity index is 1.96. The molecule has 1 atom stereocenters. The Morgan fingerprint density at radius 2 is 1.83 bits per heavy atom. The van der Waals surface area contributed by atoms with Gasteiger partial charge < -0.3 is 5.32 Å².